The maximum Gasteiger partial charge on any atom is 0.414 e. The molecule has 2 aromatic heterocycles. The molecule has 4 atom stereocenters. The molecule has 3 aromatic rings. The van der Waals surface area contributed by atoms with E-state index >= 15 is 0 Å². The highest BCUT2D eigenvalue weighted by molar-refractivity contribution is 5.90. The Labute approximate surface area is 220 Å². The normalized spacial score (nSPS) is 26.1. The number of ether oxygens (including phenoxy) is 3. The zero-order valence-electron chi connectivity index (χ0n) is 21.5. The molecule has 1 saturated carbocycles. The molecular formula is C27H30N6O5. The van der Waals surface area contributed by atoms with Gasteiger partial charge in [0.15, 0.2) is 0 Å². The van der Waals surface area contributed by atoms with Crippen molar-refractivity contribution >= 4 is 17.9 Å². The molecule has 198 valence electrons. The fourth-order valence-electron chi connectivity index (χ4n) is 5.44. The van der Waals surface area contributed by atoms with Gasteiger partial charge in [0, 0.05) is 29.6 Å². The van der Waals surface area contributed by atoms with Gasteiger partial charge in [-0.2, -0.15) is 0 Å². The third-order valence-electron chi connectivity index (χ3n) is 7.31. The molecule has 11 nitrogen and oxygen atoms in total. The minimum absolute atomic E-state index is 0.0580. The van der Waals surface area contributed by atoms with Crippen LogP contribution in [0.2, 0.25) is 0 Å². The van der Waals surface area contributed by atoms with Crippen LogP contribution in [0.5, 0.6) is 0 Å². The van der Waals surface area contributed by atoms with E-state index in [9.17, 15) is 9.59 Å². The number of carbonyl (C=O) groups excluding carboxylic acids is 2. The smallest absolute Gasteiger partial charge is 0.414 e. The van der Waals surface area contributed by atoms with E-state index in [1.54, 1.807) is 22.0 Å². The van der Waals surface area contributed by atoms with E-state index in [2.05, 4.69) is 15.6 Å². The third kappa shape index (κ3) is 4.47. The van der Waals surface area contributed by atoms with Gasteiger partial charge in [-0.1, -0.05) is 23.4 Å². The van der Waals surface area contributed by atoms with Crippen LogP contribution >= 0.6 is 0 Å². The summed E-state index contributed by atoms with van der Waals surface area (Å²) in [6, 6.07) is 11.7. The highest BCUT2D eigenvalue weighted by Crippen LogP contribution is 2.57. The van der Waals surface area contributed by atoms with Crippen molar-refractivity contribution in [3.8, 4) is 11.1 Å². The number of pyridine rings is 1. The van der Waals surface area contributed by atoms with Gasteiger partial charge in [-0.3, -0.25) is 9.88 Å². The number of carbonyl (C=O) groups is 2. The van der Waals surface area contributed by atoms with Crippen LogP contribution in [0.1, 0.15) is 26.5 Å². The highest BCUT2D eigenvalue weighted by Gasteiger charge is 2.70. The number of alkyl carbamates (subject to hydrolysis) is 1. The fourth-order valence-corrected chi connectivity index (χ4v) is 5.44. The number of anilines is 1. The Bertz CT molecular complexity index is 1320. The number of benzene rings is 1. The van der Waals surface area contributed by atoms with Crippen LogP contribution in [0.15, 0.2) is 55.0 Å². The molecule has 0 spiro atoms. The van der Waals surface area contributed by atoms with Crippen molar-refractivity contribution < 1.29 is 23.8 Å². The summed E-state index contributed by atoms with van der Waals surface area (Å²) < 4.78 is 18.3. The zero-order valence-corrected chi connectivity index (χ0v) is 21.5. The predicted molar refractivity (Wildman–Crippen MR) is 136 cm³/mol. The van der Waals surface area contributed by atoms with Crippen LogP contribution in [0.4, 0.5) is 15.3 Å². The summed E-state index contributed by atoms with van der Waals surface area (Å²) >= 11 is 0. The van der Waals surface area contributed by atoms with Crippen molar-refractivity contribution in [3.05, 3.63) is 60.7 Å². The lowest BCUT2D eigenvalue weighted by atomic mass is 9.98. The third-order valence-corrected chi connectivity index (χ3v) is 7.31. The fraction of sp³-hybridized carbons (Fsp3) is 0.444. The lowest BCUT2D eigenvalue weighted by Gasteiger charge is -2.21. The average molecular weight is 519 g/mol. The maximum absolute atomic E-state index is 12.4. The molecule has 38 heavy (non-hydrogen) atoms. The highest BCUT2D eigenvalue weighted by atomic mass is 16.6. The number of aromatic nitrogens is 4. The Morgan fingerprint density at radius 2 is 1.97 bits per heavy atom. The molecule has 0 bridgehead atoms. The molecule has 1 aliphatic carbocycles. The van der Waals surface area contributed by atoms with Gasteiger partial charge in [0.05, 0.1) is 49.7 Å². The van der Waals surface area contributed by atoms with E-state index in [1.165, 1.54) is 0 Å². The molecule has 3 fully saturated rings. The number of fused-ring (bicyclic) bond motifs is 1. The standard InChI is InChI=1S/C27H30N6O5/c1-26(2,3)38-24(34)30-23-21-15-36-16-27(21,23)22-9-6-18(12-28-22)17-4-7-19(8-5-17)33-14-20(37-25(33)35)13-32-11-10-29-31-32/h4-12,20-21,23H,13-16H2,1-3H3,(H,30,34)/t20-,21-,23+,27-/m0/s1. The first-order valence-corrected chi connectivity index (χ1v) is 12.7. The van der Waals surface area contributed by atoms with E-state index in [0.717, 1.165) is 22.5 Å². The number of amides is 2. The minimum Gasteiger partial charge on any atom is -0.444 e. The van der Waals surface area contributed by atoms with E-state index in [4.69, 9.17) is 19.2 Å². The second kappa shape index (κ2) is 9.09. The number of hydrogen-bond acceptors (Lipinski definition) is 8. The molecular weight excluding hydrogens is 488 g/mol. The molecule has 2 amide bonds. The molecule has 2 aliphatic heterocycles. The van der Waals surface area contributed by atoms with Crippen LogP contribution < -0.4 is 10.2 Å². The van der Waals surface area contributed by atoms with E-state index in [-0.39, 0.29) is 29.6 Å². The zero-order chi connectivity index (χ0) is 26.5. The number of nitrogens with one attached hydrogen (secondary N) is 1. The van der Waals surface area contributed by atoms with Crippen LogP contribution in [0.3, 0.4) is 0 Å². The van der Waals surface area contributed by atoms with E-state index in [1.807, 2.05) is 63.4 Å². The summed E-state index contributed by atoms with van der Waals surface area (Å²) in [4.78, 5) is 31.2. The number of cyclic esters (lactones) is 1. The molecule has 3 aliphatic rings. The van der Waals surface area contributed by atoms with Crippen molar-refractivity contribution in [1.82, 2.24) is 25.3 Å². The Morgan fingerprint density at radius 1 is 1.18 bits per heavy atom. The summed E-state index contributed by atoms with van der Waals surface area (Å²) in [6.07, 6.45) is 4.10. The summed E-state index contributed by atoms with van der Waals surface area (Å²) in [5, 5.41) is 10.7. The van der Waals surface area contributed by atoms with Gasteiger partial charge in [0.2, 0.25) is 0 Å². The monoisotopic (exact) mass is 518 g/mol. The first-order valence-electron chi connectivity index (χ1n) is 12.7. The van der Waals surface area contributed by atoms with Crippen LogP contribution in [-0.4, -0.2) is 69.7 Å². The van der Waals surface area contributed by atoms with Gasteiger partial charge in [-0.25, -0.2) is 14.3 Å². The molecule has 1 N–H and O–H groups in total. The van der Waals surface area contributed by atoms with Gasteiger partial charge < -0.3 is 19.5 Å². The Balaban J connectivity index is 1.12. The second-order valence-electron chi connectivity index (χ2n) is 11.0. The molecule has 11 heteroatoms. The van der Waals surface area contributed by atoms with Crippen molar-refractivity contribution in [3.63, 3.8) is 0 Å². The van der Waals surface area contributed by atoms with Gasteiger partial charge in [-0.15, -0.1) is 5.10 Å². The predicted octanol–water partition coefficient (Wildman–Crippen LogP) is 3.16. The van der Waals surface area contributed by atoms with Crippen LogP contribution in [0, 0.1) is 5.92 Å². The van der Waals surface area contributed by atoms with Crippen molar-refractivity contribution in [2.24, 2.45) is 5.92 Å². The molecule has 0 radical (unpaired) electrons. The average Bonchev–Trinajstić information content (AvgIpc) is 3.39. The summed E-state index contributed by atoms with van der Waals surface area (Å²) in [5.74, 6) is 0.182. The maximum atomic E-state index is 12.4. The Hall–Kier alpha value is -3.99. The Morgan fingerprint density at radius 3 is 2.66 bits per heavy atom. The van der Waals surface area contributed by atoms with Gasteiger partial charge in [0.1, 0.15) is 11.7 Å². The summed E-state index contributed by atoms with van der Waals surface area (Å²) in [6.45, 7) is 7.55. The lowest BCUT2D eigenvalue weighted by molar-refractivity contribution is 0.0499. The van der Waals surface area contributed by atoms with Crippen molar-refractivity contribution in [1.29, 1.82) is 0 Å². The first kappa shape index (κ1) is 24.4. The number of rotatable bonds is 6. The topological polar surface area (TPSA) is 121 Å². The number of hydrogen-bond donors (Lipinski definition) is 1. The molecule has 4 heterocycles. The summed E-state index contributed by atoms with van der Waals surface area (Å²) in [5.41, 5.74) is 2.73. The molecule has 0 unspecified atom stereocenters. The quantitative estimate of drug-likeness (QED) is 0.528. The first-order chi connectivity index (χ1) is 18.2. The SMILES string of the molecule is CC(C)(C)OC(=O)N[C@@H]1[C@@H]2COC[C@]12c1ccc(-c2ccc(N3C[C@H](Cn4ccnn4)OC3=O)cc2)cn1. The molecule has 6 rings (SSSR count). The van der Waals surface area contributed by atoms with Crippen LogP contribution in [0.25, 0.3) is 11.1 Å². The lowest BCUT2D eigenvalue weighted by Crippen LogP contribution is -2.38. The van der Waals surface area contributed by atoms with Crippen molar-refractivity contribution in [2.75, 3.05) is 24.7 Å². The van der Waals surface area contributed by atoms with E-state index < -0.39 is 11.7 Å². The molecule has 1 aromatic carbocycles. The van der Waals surface area contributed by atoms with E-state index in [0.29, 0.717) is 26.3 Å². The van der Waals surface area contributed by atoms with Gasteiger partial charge in [0.25, 0.3) is 0 Å². The number of nitrogens with zero attached hydrogens (tertiary/aromatic N) is 5. The van der Waals surface area contributed by atoms with Gasteiger partial charge in [-0.05, 0) is 44.5 Å². The molecule has 2 saturated heterocycles. The van der Waals surface area contributed by atoms with Gasteiger partial charge >= 0.3 is 12.2 Å². The largest absolute Gasteiger partial charge is 0.444 e. The van der Waals surface area contributed by atoms with Crippen molar-refractivity contribution in [2.45, 2.75) is 50.5 Å². The van der Waals surface area contributed by atoms with Crippen LogP contribution in [-0.2, 0) is 26.2 Å². The second-order valence-corrected chi connectivity index (χ2v) is 11.0. The summed E-state index contributed by atoms with van der Waals surface area (Å²) in [7, 11) is 0. The Kier molecular flexibility index (Phi) is 5.82. The minimum atomic E-state index is -0.554.